The fourth-order valence-corrected chi connectivity index (χ4v) is 1.70. The maximum absolute atomic E-state index is 13.5. The van der Waals surface area contributed by atoms with Crippen LogP contribution in [-0.2, 0) is 11.2 Å². The van der Waals surface area contributed by atoms with E-state index < -0.39 is 11.6 Å². The molecule has 7 heteroatoms. The van der Waals surface area contributed by atoms with Gasteiger partial charge in [-0.15, -0.1) is 0 Å². The number of nitrogens with zero attached hydrogens (tertiary/aromatic N) is 2. The van der Waals surface area contributed by atoms with Crippen molar-refractivity contribution in [3.63, 3.8) is 0 Å². The molecule has 0 atom stereocenters. The molecule has 0 saturated heterocycles. The second kappa shape index (κ2) is 7.42. The molecule has 0 spiro atoms. The zero-order valence-corrected chi connectivity index (χ0v) is 11.1. The van der Waals surface area contributed by atoms with Crippen molar-refractivity contribution in [2.24, 2.45) is 10.9 Å². The van der Waals surface area contributed by atoms with E-state index in [0.717, 1.165) is 12.1 Å². The Bertz CT molecular complexity index is 506. The summed E-state index contributed by atoms with van der Waals surface area (Å²) in [5, 5.41) is 11.2. The van der Waals surface area contributed by atoms with Crippen LogP contribution in [0.4, 0.5) is 8.78 Å². The van der Waals surface area contributed by atoms with Gasteiger partial charge in [0, 0.05) is 25.6 Å². The van der Waals surface area contributed by atoms with Crippen LogP contribution in [0, 0.1) is 11.6 Å². The van der Waals surface area contributed by atoms with Crippen molar-refractivity contribution >= 4 is 11.7 Å². The molecule has 0 aliphatic heterocycles. The number of rotatable bonds is 6. The number of halogens is 2. The van der Waals surface area contributed by atoms with Gasteiger partial charge in [-0.3, -0.25) is 4.79 Å². The van der Waals surface area contributed by atoms with Crippen molar-refractivity contribution < 1.29 is 18.8 Å². The number of hydrogen-bond donors (Lipinski definition) is 2. The molecule has 1 aromatic carbocycles. The van der Waals surface area contributed by atoms with Crippen LogP contribution in [0.2, 0.25) is 0 Å². The van der Waals surface area contributed by atoms with Crippen LogP contribution >= 0.6 is 0 Å². The van der Waals surface area contributed by atoms with Gasteiger partial charge in [0.1, 0.15) is 17.5 Å². The number of hydrogen-bond acceptors (Lipinski definition) is 3. The fourth-order valence-electron chi connectivity index (χ4n) is 1.70. The van der Waals surface area contributed by atoms with Gasteiger partial charge < -0.3 is 15.8 Å². The Morgan fingerprint density at radius 2 is 2.15 bits per heavy atom. The van der Waals surface area contributed by atoms with E-state index in [2.05, 4.69) is 5.16 Å². The average molecular weight is 285 g/mol. The minimum absolute atomic E-state index is 0.0178. The molecule has 5 nitrogen and oxygen atoms in total. The van der Waals surface area contributed by atoms with E-state index in [0.29, 0.717) is 6.54 Å². The van der Waals surface area contributed by atoms with Crippen molar-refractivity contribution in [2.45, 2.75) is 19.8 Å². The number of amidine groups is 1. The molecule has 1 rings (SSSR count). The summed E-state index contributed by atoms with van der Waals surface area (Å²) in [7, 11) is 0. The van der Waals surface area contributed by atoms with E-state index in [9.17, 15) is 13.6 Å². The monoisotopic (exact) mass is 285 g/mol. The molecule has 0 aromatic heterocycles. The van der Waals surface area contributed by atoms with Crippen molar-refractivity contribution in [3.8, 4) is 0 Å². The van der Waals surface area contributed by atoms with E-state index in [-0.39, 0.29) is 36.7 Å². The van der Waals surface area contributed by atoms with Gasteiger partial charge >= 0.3 is 0 Å². The highest BCUT2D eigenvalue weighted by Crippen LogP contribution is 2.11. The maximum Gasteiger partial charge on any atom is 0.227 e. The number of benzene rings is 1. The molecule has 0 saturated carbocycles. The van der Waals surface area contributed by atoms with Gasteiger partial charge in [-0.2, -0.15) is 0 Å². The van der Waals surface area contributed by atoms with E-state index in [1.165, 1.54) is 11.0 Å². The summed E-state index contributed by atoms with van der Waals surface area (Å²) in [6.07, 6.45) is 0.0676. The normalized spacial score (nSPS) is 11.4. The van der Waals surface area contributed by atoms with Gasteiger partial charge in [0.05, 0.1) is 6.42 Å². The van der Waals surface area contributed by atoms with E-state index >= 15 is 0 Å². The van der Waals surface area contributed by atoms with Gasteiger partial charge in [0.15, 0.2) is 0 Å². The van der Waals surface area contributed by atoms with Gasteiger partial charge in [0.2, 0.25) is 5.91 Å². The second-order valence-electron chi connectivity index (χ2n) is 4.23. The molecule has 0 heterocycles. The third kappa shape index (κ3) is 4.49. The lowest BCUT2D eigenvalue weighted by Gasteiger charge is -2.20. The predicted molar refractivity (Wildman–Crippen MR) is 70.3 cm³/mol. The Kier molecular flexibility index (Phi) is 5.89. The highest BCUT2D eigenvalue weighted by molar-refractivity contribution is 5.82. The number of oxime groups is 1. The van der Waals surface area contributed by atoms with Crippen molar-refractivity contribution in [2.75, 3.05) is 13.1 Å². The number of nitrogens with two attached hydrogens (primary N) is 1. The molecule has 0 fully saturated rings. The molecule has 0 bridgehead atoms. The molecule has 110 valence electrons. The van der Waals surface area contributed by atoms with Crippen LogP contribution < -0.4 is 5.73 Å². The zero-order chi connectivity index (χ0) is 15.1. The highest BCUT2D eigenvalue weighted by atomic mass is 19.1. The maximum atomic E-state index is 13.5. The molecule has 0 aliphatic rings. The fraction of sp³-hybridized carbons (Fsp3) is 0.385. The molecular formula is C13H17F2N3O2. The minimum Gasteiger partial charge on any atom is -0.409 e. The Balaban J connectivity index is 2.67. The third-order valence-electron chi connectivity index (χ3n) is 2.86. The third-order valence-corrected chi connectivity index (χ3v) is 2.86. The first kappa shape index (κ1) is 15.9. The molecule has 3 N–H and O–H groups in total. The van der Waals surface area contributed by atoms with Crippen LogP contribution in [0.1, 0.15) is 18.9 Å². The summed E-state index contributed by atoms with van der Waals surface area (Å²) in [5.74, 6) is -1.71. The van der Waals surface area contributed by atoms with Crippen molar-refractivity contribution in [3.05, 3.63) is 35.4 Å². The smallest absolute Gasteiger partial charge is 0.227 e. The Labute approximate surface area is 115 Å². The second-order valence-corrected chi connectivity index (χ2v) is 4.23. The van der Waals surface area contributed by atoms with Gasteiger partial charge in [-0.05, 0) is 18.6 Å². The molecular weight excluding hydrogens is 268 g/mol. The first-order chi connectivity index (χ1) is 9.47. The van der Waals surface area contributed by atoms with Gasteiger partial charge in [-0.25, -0.2) is 8.78 Å². The van der Waals surface area contributed by atoms with E-state index in [1.807, 2.05) is 0 Å². The number of amides is 1. The van der Waals surface area contributed by atoms with Crippen LogP contribution in [0.15, 0.2) is 23.4 Å². The van der Waals surface area contributed by atoms with E-state index in [4.69, 9.17) is 10.9 Å². The standard InChI is InChI=1S/C13H17F2N3O2/c1-2-18(6-5-12(16)17-20)13(19)7-9-3-4-10(14)8-11(9)15/h3-4,8,20H,2,5-7H2,1H3,(H2,16,17). The lowest BCUT2D eigenvalue weighted by Crippen LogP contribution is -2.35. The van der Waals surface area contributed by atoms with Gasteiger partial charge in [0.25, 0.3) is 0 Å². The Hall–Kier alpha value is -2.18. The molecule has 20 heavy (non-hydrogen) atoms. The highest BCUT2D eigenvalue weighted by Gasteiger charge is 2.15. The van der Waals surface area contributed by atoms with Gasteiger partial charge in [-0.1, -0.05) is 11.2 Å². The zero-order valence-electron chi connectivity index (χ0n) is 11.1. The number of carbonyl (C=O) groups excluding carboxylic acids is 1. The van der Waals surface area contributed by atoms with Crippen LogP contribution in [-0.4, -0.2) is 34.9 Å². The summed E-state index contributed by atoms with van der Waals surface area (Å²) in [4.78, 5) is 13.5. The van der Waals surface area contributed by atoms with Crippen LogP contribution in [0.25, 0.3) is 0 Å². The summed E-state index contributed by atoms with van der Waals surface area (Å²) >= 11 is 0. The lowest BCUT2D eigenvalue weighted by atomic mass is 10.1. The van der Waals surface area contributed by atoms with Crippen molar-refractivity contribution in [1.82, 2.24) is 4.90 Å². The van der Waals surface area contributed by atoms with Crippen LogP contribution in [0.3, 0.4) is 0 Å². The summed E-state index contributed by atoms with van der Waals surface area (Å²) < 4.78 is 26.2. The Morgan fingerprint density at radius 3 is 2.70 bits per heavy atom. The predicted octanol–water partition coefficient (Wildman–Crippen LogP) is 1.49. The lowest BCUT2D eigenvalue weighted by molar-refractivity contribution is -0.130. The van der Waals surface area contributed by atoms with Crippen LogP contribution in [0.5, 0.6) is 0 Å². The SMILES string of the molecule is CCN(CC/C(N)=N/O)C(=O)Cc1ccc(F)cc1F. The first-order valence-corrected chi connectivity index (χ1v) is 6.16. The summed E-state index contributed by atoms with van der Waals surface area (Å²) in [6.45, 7) is 2.46. The van der Waals surface area contributed by atoms with E-state index in [1.54, 1.807) is 6.92 Å². The molecule has 1 aromatic rings. The molecule has 1 amide bonds. The molecule has 0 radical (unpaired) electrons. The quantitative estimate of drug-likeness (QED) is 0.360. The van der Waals surface area contributed by atoms with Crippen molar-refractivity contribution in [1.29, 1.82) is 0 Å². The topological polar surface area (TPSA) is 78.9 Å². The summed E-state index contributed by atoms with van der Waals surface area (Å²) in [5.41, 5.74) is 5.47. The molecule has 0 unspecified atom stereocenters. The number of likely N-dealkylation sites (N-methyl/N-ethyl adjacent to an activating group) is 1. The number of carbonyl (C=O) groups is 1. The molecule has 0 aliphatic carbocycles. The Morgan fingerprint density at radius 1 is 1.45 bits per heavy atom. The minimum atomic E-state index is -0.745. The summed E-state index contributed by atoms with van der Waals surface area (Å²) in [6, 6.07) is 3.10. The first-order valence-electron chi connectivity index (χ1n) is 6.16. The average Bonchev–Trinajstić information content (AvgIpc) is 2.42. The largest absolute Gasteiger partial charge is 0.409 e.